The lowest BCUT2D eigenvalue weighted by Crippen LogP contribution is -2.35. The van der Waals surface area contributed by atoms with Crippen molar-refractivity contribution in [3.63, 3.8) is 0 Å². The van der Waals surface area contributed by atoms with Crippen LogP contribution in [0.3, 0.4) is 0 Å². The molecule has 0 radical (unpaired) electrons. The van der Waals surface area contributed by atoms with E-state index in [0.717, 1.165) is 18.6 Å². The van der Waals surface area contributed by atoms with Crippen LogP contribution in [0.5, 0.6) is 0 Å². The summed E-state index contributed by atoms with van der Waals surface area (Å²) in [5.74, 6) is 1.33. The maximum Gasteiger partial charge on any atom is 0.0510 e. The molecular weight excluding hydrogens is 270 g/mol. The number of hydrogen-bond acceptors (Lipinski definition) is 3. The summed E-state index contributed by atoms with van der Waals surface area (Å²) in [5.41, 5.74) is 6.99. The lowest BCUT2D eigenvalue weighted by atomic mass is 10.0. The van der Waals surface area contributed by atoms with E-state index in [0.29, 0.717) is 29.1 Å². The zero-order valence-electron chi connectivity index (χ0n) is 10.2. The van der Waals surface area contributed by atoms with Gasteiger partial charge in [-0.25, -0.2) is 0 Å². The van der Waals surface area contributed by atoms with Crippen molar-refractivity contribution in [1.82, 2.24) is 0 Å². The van der Waals surface area contributed by atoms with Crippen molar-refractivity contribution in [2.45, 2.75) is 18.2 Å². The molecule has 3 nitrogen and oxygen atoms in total. The van der Waals surface area contributed by atoms with E-state index in [1.807, 2.05) is 24.3 Å². The molecular formula is C13H18ClNO2S. The Hall–Kier alpha value is -0.420. The van der Waals surface area contributed by atoms with E-state index in [2.05, 4.69) is 0 Å². The Morgan fingerprint density at radius 2 is 2.28 bits per heavy atom. The Morgan fingerprint density at radius 1 is 1.50 bits per heavy atom. The summed E-state index contributed by atoms with van der Waals surface area (Å²) >= 11 is 6.05. The highest BCUT2D eigenvalue weighted by molar-refractivity contribution is 7.84. The summed E-state index contributed by atoms with van der Waals surface area (Å²) in [7, 11) is -0.972. The summed E-state index contributed by atoms with van der Waals surface area (Å²) in [6, 6.07) is 7.46. The van der Waals surface area contributed by atoms with Gasteiger partial charge in [-0.2, -0.15) is 0 Å². The van der Waals surface area contributed by atoms with Gasteiger partial charge in [-0.05, 0) is 18.1 Å². The van der Waals surface area contributed by atoms with E-state index >= 15 is 0 Å². The van der Waals surface area contributed by atoms with Gasteiger partial charge in [0.15, 0.2) is 0 Å². The van der Waals surface area contributed by atoms with Crippen LogP contribution in [-0.2, 0) is 21.3 Å². The number of halogens is 1. The van der Waals surface area contributed by atoms with Gasteiger partial charge in [0.2, 0.25) is 0 Å². The average Bonchev–Trinajstić information content (AvgIpc) is 2.85. The minimum atomic E-state index is -0.972. The van der Waals surface area contributed by atoms with E-state index in [4.69, 9.17) is 22.1 Å². The summed E-state index contributed by atoms with van der Waals surface area (Å²) in [6.45, 7) is 1.47. The molecule has 1 saturated heterocycles. The van der Waals surface area contributed by atoms with Crippen molar-refractivity contribution in [3.05, 3.63) is 34.9 Å². The lowest BCUT2D eigenvalue weighted by Gasteiger charge is -2.17. The fourth-order valence-corrected chi connectivity index (χ4v) is 3.79. The second kappa shape index (κ2) is 6.66. The van der Waals surface area contributed by atoms with Crippen molar-refractivity contribution >= 4 is 22.4 Å². The molecule has 1 heterocycles. The molecule has 0 spiro atoms. The second-order valence-electron chi connectivity index (χ2n) is 4.63. The first-order chi connectivity index (χ1) is 8.66. The molecule has 1 fully saturated rings. The van der Waals surface area contributed by atoms with Crippen LogP contribution in [0.4, 0.5) is 0 Å². The molecule has 0 aromatic heterocycles. The lowest BCUT2D eigenvalue weighted by molar-refractivity contribution is 0.182. The highest BCUT2D eigenvalue weighted by atomic mass is 35.5. The Labute approximate surface area is 115 Å². The molecule has 2 rings (SSSR count). The average molecular weight is 288 g/mol. The number of nitrogens with two attached hydrogens (primary N) is 1. The van der Waals surface area contributed by atoms with Gasteiger partial charge in [0.25, 0.3) is 0 Å². The molecule has 100 valence electrons. The maximum atomic E-state index is 12.1. The van der Waals surface area contributed by atoms with E-state index in [1.54, 1.807) is 0 Å². The molecule has 5 heteroatoms. The molecule has 0 amide bonds. The van der Waals surface area contributed by atoms with Crippen LogP contribution in [0.2, 0.25) is 5.02 Å². The van der Waals surface area contributed by atoms with Gasteiger partial charge >= 0.3 is 0 Å². The van der Waals surface area contributed by atoms with Gasteiger partial charge in [-0.1, -0.05) is 29.8 Å². The molecule has 18 heavy (non-hydrogen) atoms. The molecule has 1 aromatic rings. The maximum absolute atomic E-state index is 12.1. The van der Waals surface area contributed by atoms with E-state index in [9.17, 15) is 4.21 Å². The first kappa shape index (κ1) is 14.0. The molecule has 3 unspecified atom stereocenters. The Bertz CT molecular complexity index is 421. The van der Waals surface area contributed by atoms with Crippen LogP contribution < -0.4 is 5.73 Å². The molecule has 2 N–H and O–H groups in total. The van der Waals surface area contributed by atoms with Crippen molar-refractivity contribution in [1.29, 1.82) is 0 Å². The summed E-state index contributed by atoms with van der Waals surface area (Å²) in [6.07, 6.45) is 0.977. The summed E-state index contributed by atoms with van der Waals surface area (Å²) in [5, 5.41) is 0.670. The second-order valence-corrected chi connectivity index (χ2v) is 6.54. The fourth-order valence-electron chi connectivity index (χ4n) is 2.09. The van der Waals surface area contributed by atoms with Crippen LogP contribution in [-0.4, -0.2) is 29.2 Å². The number of rotatable bonds is 5. The quantitative estimate of drug-likeness (QED) is 0.901. The molecule has 1 aliphatic rings. The van der Waals surface area contributed by atoms with Crippen molar-refractivity contribution < 1.29 is 8.95 Å². The molecule has 0 saturated carbocycles. The fraction of sp³-hybridized carbons (Fsp3) is 0.538. The Balaban J connectivity index is 1.86. The van der Waals surface area contributed by atoms with E-state index in [-0.39, 0.29) is 6.04 Å². The first-order valence-electron chi connectivity index (χ1n) is 6.08. The van der Waals surface area contributed by atoms with Crippen LogP contribution in [0.25, 0.3) is 0 Å². The third-order valence-electron chi connectivity index (χ3n) is 3.22. The van der Waals surface area contributed by atoms with Crippen molar-refractivity contribution in [2.75, 3.05) is 19.0 Å². The molecule has 1 aromatic carbocycles. The highest BCUT2D eigenvalue weighted by Gasteiger charge is 2.24. The van der Waals surface area contributed by atoms with Crippen LogP contribution in [0.15, 0.2) is 24.3 Å². The number of ether oxygens (including phenoxy) is 1. The van der Waals surface area contributed by atoms with Crippen LogP contribution in [0, 0.1) is 5.92 Å². The third-order valence-corrected chi connectivity index (χ3v) is 4.98. The highest BCUT2D eigenvalue weighted by Crippen LogP contribution is 2.19. The minimum absolute atomic E-state index is 0.0455. The topological polar surface area (TPSA) is 52.3 Å². The van der Waals surface area contributed by atoms with Gasteiger partial charge < -0.3 is 10.5 Å². The normalized spacial score (nSPS) is 22.9. The zero-order valence-corrected chi connectivity index (χ0v) is 11.8. The number of hydrogen-bond donors (Lipinski definition) is 1. The predicted octanol–water partition coefficient (Wildman–Crippen LogP) is 1.95. The SMILES string of the molecule is NC(CS(=O)Cc1ccccc1Cl)C1CCOC1. The van der Waals surface area contributed by atoms with Gasteiger partial charge in [-0.3, -0.25) is 4.21 Å². The summed E-state index contributed by atoms with van der Waals surface area (Å²) < 4.78 is 17.4. The largest absolute Gasteiger partial charge is 0.381 e. The third kappa shape index (κ3) is 3.79. The first-order valence-corrected chi connectivity index (χ1v) is 7.95. The molecule has 1 aliphatic heterocycles. The van der Waals surface area contributed by atoms with Gasteiger partial charge in [-0.15, -0.1) is 0 Å². The molecule has 0 aliphatic carbocycles. The van der Waals surface area contributed by atoms with Crippen molar-refractivity contribution in [2.24, 2.45) is 11.7 Å². The van der Waals surface area contributed by atoms with Crippen LogP contribution in [0.1, 0.15) is 12.0 Å². The predicted molar refractivity (Wildman–Crippen MR) is 75.1 cm³/mol. The standard InChI is InChI=1S/C13H18ClNO2S/c14-12-4-2-1-3-11(12)8-18(16)9-13(15)10-5-6-17-7-10/h1-4,10,13H,5-9,15H2. The Morgan fingerprint density at radius 3 is 2.94 bits per heavy atom. The summed E-state index contributed by atoms with van der Waals surface area (Å²) in [4.78, 5) is 0. The van der Waals surface area contributed by atoms with Gasteiger partial charge in [0.05, 0.1) is 12.4 Å². The molecule has 3 atom stereocenters. The van der Waals surface area contributed by atoms with Gasteiger partial charge in [0.1, 0.15) is 0 Å². The monoisotopic (exact) mass is 287 g/mol. The number of benzene rings is 1. The molecule has 0 bridgehead atoms. The van der Waals surface area contributed by atoms with Crippen molar-refractivity contribution in [3.8, 4) is 0 Å². The smallest absolute Gasteiger partial charge is 0.0510 e. The van der Waals surface area contributed by atoms with E-state index in [1.165, 1.54) is 0 Å². The zero-order chi connectivity index (χ0) is 13.0. The minimum Gasteiger partial charge on any atom is -0.381 e. The van der Waals surface area contributed by atoms with Crippen LogP contribution >= 0.6 is 11.6 Å². The Kier molecular flexibility index (Phi) is 5.18. The van der Waals surface area contributed by atoms with Gasteiger partial charge in [0, 0.05) is 40.1 Å². The van der Waals surface area contributed by atoms with E-state index < -0.39 is 10.8 Å².